The van der Waals surface area contributed by atoms with E-state index in [1.54, 1.807) is 12.3 Å². The first-order chi connectivity index (χ1) is 8.45. The number of nitrogens with zero attached hydrogens (tertiary/aromatic N) is 2. The smallest absolute Gasteiger partial charge is 0.271 e. The number of aryl methyl sites for hydroxylation is 1. The van der Waals surface area contributed by atoms with Gasteiger partial charge in [0, 0.05) is 19.3 Å². The summed E-state index contributed by atoms with van der Waals surface area (Å²) in [5.41, 5.74) is 6.79. The maximum absolute atomic E-state index is 12.6. The molecule has 0 aliphatic carbocycles. The number of rotatable bonds is 2. The molecule has 18 heavy (non-hydrogen) atoms. The summed E-state index contributed by atoms with van der Waals surface area (Å²) in [4.78, 5) is 14.5. The number of aromatic nitrogens is 1. The van der Waals surface area contributed by atoms with E-state index in [-0.39, 0.29) is 11.4 Å². The van der Waals surface area contributed by atoms with Gasteiger partial charge in [0.1, 0.15) is 5.69 Å². The van der Waals surface area contributed by atoms with Crippen molar-refractivity contribution in [1.82, 2.24) is 9.47 Å². The molecular formula is C13H21N3O2. The van der Waals surface area contributed by atoms with Crippen molar-refractivity contribution >= 4 is 11.6 Å². The average Bonchev–Trinajstić information content (AvgIpc) is 2.69. The Labute approximate surface area is 108 Å². The van der Waals surface area contributed by atoms with Gasteiger partial charge in [0.2, 0.25) is 0 Å². The van der Waals surface area contributed by atoms with Crippen LogP contribution < -0.4 is 5.73 Å². The van der Waals surface area contributed by atoms with Crippen molar-refractivity contribution in [1.29, 1.82) is 0 Å². The van der Waals surface area contributed by atoms with E-state index in [4.69, 9.17) is 10.5 Å². The van der Waals surface area contributed by atoms with Gasteiger partial charge < -0.3 is 19.9 Å². The number of amides is 1. The number of carbonyl (C=O) groups is 1. The standard InChI is InChI=1S/C13H21N3O2/c1-4-15-8-10(14)7-11(15)12(17)16-5-6-18-9-13(16,2)3/h7-8H,4-6,9,14H2,1-3H3. The highest BCUT2D eigenvalue weighted by Gasteiger charge is 2.35. The van der Waals surface area contributed by atoms with E-state index in [1.165, 1.54) is 0 Å². The van der Waals surface area contributed by atoms with E-state index in [0.29, 0.717) is 31.1 Å². The van der Waals surface area contributed by atoms with Gasteiger partial charge in [-0.3, -0.25) is 4.79 Å². The molecule has 1 aromatic heterocycles. The second-order valence-corrected chi connectivity index (χ2v) is 5.27. The molecule has 2 rings (SSSR count). The zero-order chi connectivity index (χ0) is 13.3. The molecule has 0 unspecified atom stereocenters. The van der Waals surface area contributed by atoms with Crippen LogP contribution in [0.15, 0.2) is 12.3 Å². The van der Waals surface area contributed by atoms with E-state index < -0.39 is 0 Å². The summed E-state index contributed by atoms with van der Waals surface area (Å²) in [7, 11) is 0. The molecule has 0 radical (unpaired) electrons. The second kappa shape index (κ2) is 4.65. The van der Waals surface area contributed by atoms with E-state index in [9.17, 15) is 4.79 Å². The Morgan fingerprint density at radius 3 is 2.89 bits per heavy atom. The first kappa shape index (κ1) is 13.0. The molecule has 1 aliphatic rings. The predicted molar refractivity (Wildman–Crippen MR) is 70.5 cm³/mol. The molecule has 0 spiro atoms. The zero-order valence-corrected chi connectivity index (χ0v) is 11.3. The van der Waals surface area contributed by atoms with Crippen molar-refractivity contribution in [3.63, 3.8) is 0 Å². The summed E-state index contributed by atoms with van der Waals surface area (Å²) < 4.78 is 7.33. The van der Waals surface area contributed by atoms with Crippen LogP contribution in [0.1, 0.15) is 31.3 Å². The summed E-state index contributed by atoms with van der Waals surface area (Å²) in [6.45, 7) is 8.57. The Hall–Kier alpha value is -1.49. The van der Waals surface area contributed by atoms with Crippen molar-refractivity contribution < 1.29 is 9.53 Å². The number of hydrogen-bond acceptors (Lipinski definition) is 3. The molecule has 0 aromatic carbocycles. The number of morpholine rings is 1. The number of carbonyl (C=O) groups excluding carboxylic acids is 1. The van der Waals surface area contributed by atoms with Crippen LogP contribution in [0, 0.1) is 0 Å². The third-order valence-corrected chi connectivity index (χ3v) is 3.37. The van der Waals surface area contributed by atoms with Crippen LogP contribution in [0.25, 0.3) is 0 Å². The van der Waals surface area contributed by atoms with Crippen molar-refractivity contribution in [3.05, 3.63) is 18.0 Å². The molecule has 0 saturated carbocycles. The van der Waals surface area contributed by atoms with Crippen LogP contribution >= 0.6 is 0 Å². The molecular weight excluding hydrogens is 230 g/mol. The number of nitrogen functional groups attached to an aromatic ring is 1. The maximum Gasteiger partial charge on any atom is 0.271 e. The number of hydrogen-bond donors (Lipinski definition) is 1. The summed E-state index contributed by atoms with van der Waals surface area (Å²) in [5.74, 6) is 0.0295. The first-order valence-electron chi connectivity index (χ1n) is 6.31. The van der Waals surface area contributed by atoms with E-state index >= 15 is 0 Å². The number of anilines is 1. The summed E-state index contributed by atoms with van der Waals surface area (Å²) in [5, 5.41) is 0. The summed E-state index contributed by atoms with van der Waals surface area (Å²) in [6, 6.07) is 1.75. The molecule has 5 heteroatoms. The first-order valence-corrected chi connectivity index (χ1v) is 6.31. The lowest BCUT2D eigenvalue weighted by molar-refractivity contribution is -0.0375. The highest BCUT2D eigenvalue weighted by atomic mass is 16.5. The van der Waals surface area contributed by atoms with Gasteiger partial charge in [0.25, 0.3) is 5.91 Å². The fraction of sp³-hybridized carbons (Fsp3) is 0.615. The van der Waals surface area contributed by atoms with Crippen LogP contribution in [0.4, 0.5) is 5.69 Å². The molecule has 1 aliphatic heterocycles. The molecule has 2 N–H and O–H groups in total. The molecule has 0 atom stereocenters. The average molecular weight is 251 g/mol. The van der Waals surface area contributed by atoms with Gasteiger partial charge in [-0.2, -0.15) is 0 Å². The third-order valence-electron chi connectivity index (χ3n) is 3.37. The Morgan fingerprint density at radius 2 is 2.28 bits per heavy atom. The Bertz CT molecular complexity index is 451. The molecule has 2 heterocycles. The van der Waals surface area contributed by atoms with Crippen LogP contribution in [-0.2, 0) is 11.3 Å². The lowest BCUT2D eigenvalue weighted by Gasteiger charge is -2.42. The Balaban J connectivity index is 2.29. The molecule has 0 bridgehead atoms. The third kappa shape index (κ3) is 2.22. The van der Waals surface area contributed by atoms with E-state index in [0.717, 1.165) is 6.54 Å². The van der Waals surface area contributed by atoms with Crippen molar-refractivity contribution in [2.75, 3.05) is 25.5 Å². The highest BCUT2D eigenvalue weighted by molar-refractivity contribution is 5.94. The van der Waals surface area contributed by atoms with Gasteiger partial charge in [-0.25, -0.2) is 0 Å². The second-order valence-electron chi connectivity index (χ2n) is 5.27. The predicted octanol–water partition coefficient (Wildman–Crippen LogP) is 1.34. The zero-order valence-electron chi connectivity index (χ0n) is 11.3. The van der Waals surface area contributed by atoms with Crippen LogP contribution in [-0.4, -0.2) is 40.7 Å². The fourth-order valence-corrected chi connectivity index (χ4v) is 2.35. The topological polar surface area (TPSA) is 60.5 Å². The number of nitrogens with two attached hydrogens (primary N) is 1. The maximum atomic E-state index is 12.6. The van der Waals surface area contributed by atoms with E-state index in [2.05, 4.69) is 0 Å². The minimum atomic E-state index is -0.271. The van der Waals surface area contributed by atoms with Crippen LogP contribution in [0.2, 0.25) is 0 Å². The Kier molecular flexibility index (Phi) is 3.34. The van der Waals surface area contributed by atoms with Gasteiger partial charge in [0.05, 0.1) is 24.4 Å². The van der Waals surface area contributed by atoms with Crippen LogP contribution in [0.3, 0.4) is 0 Å². The minimum absolute atomic E-state index is 0.0295. The van der Waals surface area contributed by atoms with Crippen molar-refractivity contribution in [3.8, 4) is 0 Å². The summed E-state index contributed by atoms with van der Waals surface area (Å²) in [6.07, 6.45) is 1.81. The van der Waals surface area contributed by atoms with Crippen LogP contribution in [0.5, 0.6) is 0 Å². The SMILES string of the molecule is CCn1cc(N)cc1C(=O)N1CCOCC1(C)C. The molecule has 100 valence electrons. The van der Waals surface area contributed by atoms with Crippen molar-refractivity contribution in [2.45, 2.75) is 32.9 Å². The van der Waals surface area contributed by atoms with Gasteiger partial charge in [0.15, 0.2) is 0 Å². The molecule has 1 amide bonds. The van der Waals surface area contributed by atoms with Crippen molar-refractivity contribution in [2.24, 2.45) is 0 Å². The largest absolute Gasteiger partial charge is 0.397 e. The van der Waals surface area contributed by atoms with Gasteiger partial charge in [-0.1, -0.05) is 0 Å². The molecule has 1 aromatic rings. The highest BCUT2D eigenvalue weighted by Crippen LogP contribution is 2.23. The Morgan fingerprint density at radius 1 is 1.56 bits per heavy atom. The monoisotopic (exact) mass is 251 g/mol. The normalized spacial score (nSPS) is 18.9. The van der Waals surface area contributed by atoms with Gasteiger partial charge >= 0.3 is 0 Å². The van der Waals surface area contributed by atoms with E-state index in [1.807, 2.05) is 30.2 Å². The van der Waals surface area contributed by atoms with Gasteiger partial charge in [-0.05, 0) is 26.8 Å². The lowest BCUT2D eigenvalue weighted by Crippen LogP contribution is -2.55. The summed E-state index contributed by atoms with van der Waals surface area (Å²) >= 11 is 0. The number of ether oxygens (including phenoxy) is 1. The molecule has 1 fully saturated rings. The quantitative estimate of drug-likeness (QED) is 0.863. The van der Waals surface area contributed by atoms with Gasteiger partial charge in [-0.15, -0.1) is 0 Å². The lowest BCUT2D eigenvalue weighted by atomic mass is 10.0. The minimum Gasteiger partial charge on any atom is -0.397 e. The molecule has 5 nitrogen and oxygen atoms in total. The fourth-order valence-electron chi connectivity index (χ4n) is 2.35. The molecule has 1 saturated heterocycles.